The van der Waals surface area contributed by atoms with Gasteiger partial charge in [-0.2, -0.15) is 8.78 Å². The summed E-state index contributed by atoms with van der Waals surface area (Å²) in [5, 5.41) is 7.94. The summed E-state index contributed by atoms with van der Waals surface area (Å²) in [7, 11) is 0. The van der Waals surface area contributed by atoms with Crippen LogP contribution in [0.15, 0.2) is 43.2 Å². The molecule has 0 unspecified atom stereocenters. The van der Waals surface area contributed by atoms with Crippen LogP contribution >= 0.6 is 11.6 Å². The van der Waals surface area contributed by atoms with Gasteiger partial charge >= 0.3 is 6.61 Å². The van der Waals surface area contributed by atoms with E-state index in [4.69, 9.17) is 17.0 Å². The van der Waals surface area contributed by atoms with Gasteiger partial charge in [0.1, 0.15) is 5.75 Å². The van der Waals surface area contributed by atoms with Crippen LogP contribution in [0.3, 0.4) is 0 Å². The van der Waals surface area contributed by atoms with Crippen LogP contribution in [0.4, 0.5) is 8.78 Å². The zero-order valence-electron chi connectivity index (χ0n) is 16.7. The third-order valence-corrected chi connectivity index (χ3v) is 3.64. The highest BCUT2D eigenvalue weighted by atomic mass is 35.5. The van der Waals surface area contributed by atoms with Crippen LogP contribution in [0.25, 0.3) is 0 Å². The molecular weight excluding hydrogens is 384 g/mol. The third-order valence-electron chi connectivity index (χ3n) is 3.41. The average molecular weight is 412 g/mol. The zero-order valence-corrected chi connectivity index (χ0v) is 17.5. The van der Waals surface area contributed by atoms with Crippen molar-refractivity contribution in [3.05, 3.63) is 70.6 Å². The van der Waals surface area contributed by atoms with Gasteiger partial charge < -0.3 is 15.9 Å². The van der Waals surface area contributed by atoms with Gasteiger partial charge in [-0.3, -0.25) is 4.98 Å². The fraction of sp³-hybridized carbons (Fsp3) is 0.333. The summed E-state index contributed by atoms with van der Waals surface area (Å²) >= 11 is 5.75. The minimum absolute atomic E-state index is 0.214. The van der Waals surface area contributed by atoms with Crippen molar-refractivity contribution in [3.63, 3.8) is 0 Å². The van der Waals surface area contributed by atoms with Crippen LogP contribution in [0.2, 0.25) is 5.02 Å². The van der Waals surface area contributed by atoms with Gasteiger partial charge in [0.05, 0.1) is 0 Å². The lowest BCUT2D eigenvalue weighted by Crippen LogP contribution is -2.04. The molecule has 0 aliphatic heterocycles. The average Bonchev–Trinajstić information content (AvgIpc) is 2.58. The minimum atomic E-state index is -2.79. The van der Waals surface area contributed by atoms with Crippen molar-refractivity contribution in [1.29, 1.82) is 5.41 Å². The number of halogens is 3. The highest BCUT2D eigenvalue weighted by Crippen LogP contribution is 2.25. The number of alkyl halides is 2. The second-order valence-corrected chi connectivity index (χ2v) is 6.32. The number of nitrogens with one attached hydrogen (secondary N) is 1. The van der Waals surface area contributed by atoms with E-state index in [1.165, 1.54) is 12.3 Å². The minimum Gasteiger partial charge on any atom is -0.435 e. The van der Waals surface area contributed by atoms with Crippen LogP contribution in [-0.2, 0) is 6.42 Å². The van der Waals surface area contributed by atoms with Gasteiger partial charge in [0, 0.05) is 28.2 Å². The molecule has 0 spiro atoms. The monoisotopic (exact) mass is 411 g/mol. The molecule has 7 heteroatoms. The Hall–Kier alpha value is -2.47. The van der Waals surface area contributed by atoms with Gasteiger partial charge in [-0.05, 0) is 68.8 Å². The molecule has 28 heavy (non-hydrogen) atoms. The maximum atomic E-state index is 12.0. The second kappa shape index (κ2) is 13.7. The Morgan fingerprint density at radius 2 is 1.96 bits per heavy atom. The van der Waals surface area contributed by atoms with Gasteiger partial charge in [-0.25, -0.2) is 0 Å². The first-order valence-corrected chi connectivity index (χ1v) is 9.08. The number of pyridine rings is 1. The van der Waals surface area contributed by atoms with Gasteiger partial charge in [0.15, 0.2) is 0 Å². The highest BCUT2D eigenvalue weighted by Gasteiger charge is 2.09. The van der Waals surface area contributed by atoms with E-state index in [1.54, 1.807) is 25.3 Å². The summed E-state index contributed by atoms with van der Waals surface area (Å²) < 4.78 is 28.3. The molecule has 2 aromatic rings. The Balaban J connectivity index is 0.000000466. The summed E-state index contributed by atoms with van der Waals surface area (Å²) in [5.41, 5.74) is 8.99. The Bertz CT molecular complexity index is 767. The fourth-order valence-electron chi connectivity index (χ4n) is 2.31. The van der Waals surface area contributed by atoms with Crippen molar-refractivity contribution in [2.75, 3.05) is 0 Å². The van der Waals surface area contributed by atoms with Crippen LogP contribution in [-0.4, -0.2) is 17.3 Å². The Morgan fingerprint density at radius 1 is 1.36 bits per heavy atom. The van der Waals surface area contributed by atoms with E-state index in [1.807, 2.05) is 26.8 Å². The lowest BCUT2D eigenvalue weighted by Gasteiger charge is -2.09. The quantitative estimate of drug-likeness (QED) is 0.586. The van der Waals surface area contributed by atoms with Crippen LogP contribution < -0.4 is 10.5 Å². The molecule has 4 nitrogen and oxygen atoms in total. The van der Waals surface area contributed by atoms with Crippen molar-refractivity contribution < 1.29 is 13.5 Å². The Morgan fingerprint density at radius 3 is 2.43 bits per heavy atom. The van der Waals surface area contributed by atoms with Gasteiger partial charge in [-0.1, -0.05) is 31.5 Å². The number of hydrogen-bond acceptors (Lipinski definition) is 4. The lowest BCUT2D eigenvalue weighted by molar-refractivity contribution is -0.0504. The number of aryl methyl sites for hydroxylation is 3. The van der Waals surface area contributed by atoms with Crippen molar-refractivity contribution in [1.82, 2.24) is 4.98 Å². The topological polar surface area (TPSA) is 72.0 Å². The van der Waals surface area contributed by atoms with E-state index in [0.717, 1.165) is 28.8 Å². The Kier molecular flexibility index (Phi) is 12.5. The molecule has 0 aliphatic carbocycles. The molecule has 0 fully saturated rings. The molecule has 0 saturated carbocycles. The van der Waals surface area contributed by atoms with E-state index in [-0.39, 0.29) is 5.75 Å². The van der Waals surface area contributed by atoms with E-state index >= 15 is 0 Å². The molecule has 0 aliphatic rings. The van der Waals surface area contributed by atoms with Crippen molar-refractivity contribution in [3.8, 4) is 5.75 Å². The molecule has 0 bridgehead atoms. The normalized spacial score (nSPS) is 9.57. The fourth-order valence-corrected chi connectivity index (χ4v) is 2.51. The summed E-state index contributed by atoms with van der Waals surface area (Å²) in [6, 6.07) is 6.66. The molecule has 3 N–H and O–H groups in total. The predicted octanol–water partition coefficient (Wildman–Crippen LogP) is 6.07. The summed E-state index contributed by atoms with van der Waals surface area (Å²) in [4.78, 5) is 4.12. The first kappa shape index (κ1) is 25.5. The molecule has 154 valence electrons. The molecule has 1 aromatic heterocycles. The standard InChI is InChI=1S/C10H11ClF2O.C9H12N2.C2H5N/c1-2-3-7-6-8(11)4-5-9(7)14-10(12)13;1-6-4-7(2)11-5-9(6)8(3)10;1-2-3/h4-6,10H,2-3H2,1H3;4-5,10H,1-3H3;2H,1,3H2. The second-order valence-electron chi connectivity index (χ2n) is 5.88. The number of ether oxygens (including phenoxy) is 1. The first-order chi connectivity index (χ1) is 13.2. The number of nitrogens with zero attached hydrogens (tertiary/aromatic N) is 1. The van der Waals surface area contributed by atoms with Crippen LogP contribution in [0.1, 0.15) is 42.7 Å². The maximum absolute atomic E-state index is 12.0. The zero-order chi connectivity index (χ0) is 21.7. The summed E-state index contributed by atoms with van der Waals surface area (Å²) in [5.74, 6) is 0.214. The largest absolute Gasteiger partial charge is 0.435 e. The van der Waals surface area contributed by atoms with Gasteiger partial charge in [0.2, 0.25) is 0 Å². The first-order valence-electron chi connectivity index (χ1n) is 8.70. The van der Waals surface area contributed by atoms with E-state index in [2.05, 4.69) is 22.0 Å². The van der Waals surface area contributed by atoms with Crippen LogP contribution in [0, 0.1) is 19.3 Å². The number of hydrogen-bond donors (Lipinski definition) is 2. The molecule has 0 atom stereocenters. The predicted molar refractivity (Wildman–Crippen MR) is 113 cm³/mol. The SMILES string of the molecule is C=CN.CC(=N)c1cnc(C)cc1C.CCCc1cc(Cl)ccc1OC(F)F. The molecule has 2 rings (SSSR count). The number of aromatic nitrogens is 1. The number of nitrogens with two attached hydrogens (primary N) is 1. The summed E-state index contributed by atoms with van der Waals surface area (Å²) in [6.07, 6.45) is 4.55. The summed E-state index contributed by atoms with van der Waals surface area (Å²) in [6.45, 7) is 8.05. The molecular formula is C21H28ClF2N3O. The van der Waals surface area contributed by atoms with E-state index < -0.39 is 6.61 Å². The van der Waals surface area contributed by atoms with E-state index in [0.29, 0.717) is 17.2 Å². The van der Waals surface area contributed by atoms with Crippen molar-refractivity contribution in [2.45, 2.75) is 47.1 Å². The molecule has 0 radical (unpaired) electrons. The molecule has 0 saturated heterocycles. The lowest BCUT2D eigenvalue weighted by atomic mass is 10.1. The van der Waals surface area contributed by atoms with Crippen LogP contribution in [0.5, 0.6) is 5.75 Å². The molecule has 0 amide bonds. The van der Waals surface area contributed by atoms with Crippen molar-refractivity contribution >= 4 is 17.3 Å². The number of rotatable bonds is 5. The Labute approximate surface area is 170 Å². The van der Waals surface area contributed by atoms with Gasteiger partial charge in [0.25, 0.3) is 0 Å². The molecule has 1 heterocycles. The highest BCUT2D eigenvalue weighted by molar-refractivity contribution is 6.30. The third kappa shape index (κ3) is 10.0. The van der Waals surface area contributed by atoms with E-state index in [9.17, 15) is 8.78 Å². The van der Waals surface area contributed by atoms with Crippen molar-refractivity contribution in [2.24, 2.45) is 5.73 Å². The maximum Gasteiger partial charge on any atom is 0.387 e. The smallest absolute Gasteiger partial charge is 0.387 e. The molecule has 1 aromatic carbocycles. The van der Waals surface area contributed by atoms with Gasteiger partial charge in [-0.15, -0.1) is 0 Å². The number of benzene rings is 1.